The highest BCUT2D eigenvalue weighted by Gasteiger charge is 2.09. The highest BCUT2D eigenvalue weighted by Crippen LogP contribution is 2.16. The Kier molecular flexibility index (Phi) is 6.05. The molecule has 8 heteroatoms. The number of rotatable bonds is 4. The number of aldehydes is 1. The lowest BCUT2D eigenvalue weighted by Crippen LogP contribution is -2.22. The van der Waals surface area contributed by atoms with Crippen molar-refractivity contribution in [1.29, 1.82) is 0 Å². The number of carbonyl (C=O) groups excluding carboxylic acids is 2. The third-order valence-corrected chi connectivity index (χ3v) is 2.48. The summed E-state index contributed by atoms with van der Waals surface area (Å²) in [7, 11) is 0. The van der Waals surface area contributed by atoms with E-state index in [1.165, 1.54) is 42.5 Å². The van der Waals surface area contributed by atoms with Crippen molar-refractivity contribution in [2.75, 3.05) is 0 Å². The van der Waals surface area contributed by atoms with Gasteiger partial charge in [0.1, 0.15) is 5.69 Å². The molecule has 0 atom stereocenters. The molecule has 0 saturated heterocycles. The number of hydrogen-bond donors (Lipinski definition) is 0. The van der Waals surface area contributed by atoms with Gasteiger partial charge in [-0.2, -0.15) is 0 Å². The van der Waals surface area contributed by atoms with Gasteiger partial charge >= 0.3 is 1.43 Å². The van der Waals surface area contributed by atoms with Gasteiger partial charge < -0.3 is 9.90 Å². The minimum atomic E-state index is -1.39. The van der Waals surface area contributed by atoms with E-state index in [-0.39, 0.29) is 23.9 Å². The number of carboxylic acids is 1. The Bertz CT molecular complexity index is 658. The molecule has 0 fully saturated rings. The second kappa shape index (κ2) is 8.00. The predicted octanol–water partition coefficient (Wildman–Crippen LogP) is 1.97. The van der Waals surface area contributed by atoms with E-state index in [4.69, 9.17) is 0 Å². The van der Waals surface area contributed by atoms with Crippen LogP contribution in [0.5, 0.6) is 0 Å². The van der Waals surface area contributed by atoms with Crippen molar-refractivity contribution in [3.8, 4) is 0 Å². The Hall–Kier alpha value is -3.42. The summed E-state index contributed by atoms with van der Waals surface area (Å²) in [6.07, 6.45) is 0.470. The minimum Gasteiger partial charge on any atom is -0.545 e. The molecule has 0 amide bonds. The smallest absolute Gasteiger partial charge is 0.545 e. The number of benzene rings is 2. The maximum absolute atomic E-state index is 10.3. The standard InChI is InChI=1S/2C7H5NO3/c9-5-6-3-1-2-4-7(6)8(10)11;9-7(10)5-3-1-2-4-6(5)8-11/h1-5H;1-4H,(H,9,10). The van der Waals surface area contributed by atoms with Crippen LogP contribution in [0, 0.1) is 15.0 Å². The first-order chi connectivity index (χ1) is 10.5. The van der Waals surface area contributed by atoms with Crippen LogP contribution in [0.25, 0.3) is 0 Å². The van der Waals surface area contributed by atoms with Gasteiger partial charge in [0, 0.05) is 11.6 Å². The van der Waals surface area contributed by atoms with Gasteiger partial charge in [-0.15, -0.1) is 4.91 Å². The van der Waals surface area contributed by atoms with E-state index < -0.39 is 10.9 Å². The highest BCUT2D eigenvalue weighted by molar-refractivity contribution is 5.91. The lowest BCUT2D eigenvalue weighted by atomic mass is 10.2. The number of hydrogen-bond acceptors (Lipinski definition) is 7. The molecule has 0 N–H and O–H groups in total. The van der Waals surface area contributed by atoms with Crippen LogP contribution in [0.2, 0.25) is 0 Å². The van der Waals surface area contributed by atoms with Gasteiger partial charge in [0.15, 0.2) is 6.29 Å². The van der Waals surface area contributed by atoms with Crippen molar-refractivity contribution >= 4 is 23.6 Å². The maximum atomic E-state index is 10.3. The molecule has 0 radical (unpaired) electrons. The zero-order chi connectivity index (χ0) is 16.5. The lowest BCUT2D eigenvalue weighted by Gasteiger charge is -2.01. The van der Waals surface area contributed by atoms with Gasteiger partial charge in [0.2, 0.25) is 0 Å². The van der Waals surface area contributed by atoms with E-state index in [2.05, 4.69) is 5.18 Å². The second-order valence-electron chi connectivity index (χ2n) is 3.83. The van der Waals surface area contributed by atoms with Gasteiger partial charge in [0.05, 0.1) is 16.5 Å². The molecule has 0 heterocycles. The van der Waals surface area contributed by atoms with E-state index in [0.717, 1.165) is 0 Å². The monoisotopic (exact) mass is 302 g/mol. The molecule has 2 rings (SSSR count). The van der Waals surface area contributed by atoms with Gasteiger partial charge in [0.25, 0.3) is 5.69 Å². The minimum absolute atomic E-state index is 0. The van der Waals surface area contributed by atoms with Gasteiger partial charge in [-0.3, -0.25) is 14.9 Å². The first kappa shape index (κ1) is 16.6. The zero-order valence-corrected chi connectivity index (χ0v) is 11.0. The maximum Gasteiger partial charge on any atom is 1.00 e. The number of nitro groups is 1. The summed E-state index contributed by atoms with van der Waals surface area (Å²) in [5.74, 6) is -1.39. The van der Waals surface area contributed by atoms with Crippen molar-refractivity contribution in [3.63, 3.8) is 0 Å². The fraction of sp³-hybridized carbons (Fsp3) is 0. The van der Waals surface area contributed by atoms with Crippen LogP contribution in [-0.4, -0.2) is 17.2 Å². The van der Waals surface area contributed by atoms with Crippen molar-refractivity contribution in [3.05, 3.63) is 74.7 Å². The fourth-order valence-electron chi connectivity index (χ4n) is 1.48. The number of nitroso groups, excluding NO2 is 1. The Morgan fingerprint density at radius 2 is 1.73 bits per heavy atom. The summed E-state index contributed by atoms with van der Waals surface area (Å²) in [6, 6.07) is 11.4. The highest BCUT2D eigenvalue weighted by atomic mass is 16.6. The first-order valence-electron chi connectivity index (χ1n) is 5.83. The molecule has 2 aromatic carbocycles. The molecule has 0 unspecified atom stereocenters. The Morgan fingerprint density at radius 1 is 1.14 bits per heavy atom. The van der Waals surface area contributed by atoms with Gasteiger partial charge in [-0.1, -0.05) is 30.3 Å². The number of carboxylic acid groups (broad SMARTS) is 1. The normalized spacial score (nSPS) is 9.09. The third-order valence-electron chi connectivity index (χ3n) is 2.48. The summed E-state index contributed by atoms with van der Waals surface area (Å²) >= 11 is 0. The fourth-order valence-corrected chi connectivity index (χ4v) is 1.48. The quantitative estimate of drug-likeness (QED) is 0.367. The summed E-state index contributed by atoms with van der Waals surface area (Å²) in [5, 5.41) is 23.0. The molecule has 0 spiro atoms. The SMILES string of the molecule is O=Cc1ccccc1[N+](=O)[O-].O=Nc1ccccc1C(=O)[O-].[H+]. The second-order valence-corrected chi connectivity index (χ2v) is 3.83. The molecule has 112 valence electrons. The molecule has 0 bridgehead atoms. The van der Waals surface area contributed by atoms with E-state index in [1.54, 1.807) is 6.07 Å². The molecular formula is C14H10N2O6. The molecule has 8 nitrogen and oxygen atoms in total. The lowest BCUT2D eigenvalue weighted by molar-refractivity contribution is -0.385. The molecule has 0 aliphatic heterocycles. The van der Waals surface area contributed by atoms with E-state index in [9.17, 15) is 29.7 Å². The molecule has 22 heavy (non-hydrogen) atoms. The van der Waals surface area contributed by atoms with Crippen LogP contribution in [0.1, 0.15) is 22.1 Å². The van der Waals surface area contributed by atoms with Crippen molar-refractivity contribution in [1.82, 2.24) is 0 Å². The third kappa shape index (κ3) is 4.30. The van der Waals surface area contributed by atoms with Crippen LogP contribution in [0.4, 0.5) is 11.4 Å². The van der Waals surface area contributed by atoms with Crippen LogP contribution in [0.15, 0.2) is 53.7 Å². The zero-order valence-electron chi connectivity index (χ0n) is 12.0. The summed E-state index contributed by atoms with van der Waals surface area (Å²) < 4.78 is 0. The number of aromatic carboxylic acids is 1. The van der Waals surface area contributed by atoms with Crippen molar-refractivity contribution < 1.29 is 21.0 Å². The summed E-state index contributed by atoms with van der Waals surface area (Å²) in [4.78, 5) is 40.1. The molecule has 2 aromatic rings. The van der Waals surface area contributed by atoms with Crippen molar-refractivity contribution in [2.24, 2.45) is 5.18 Å². The van der Waals surface area contributed by atoms with Crippen molar-refractivity contribution in [2.45, 2.75) is 0 Å². The topological polar surface area (TPSA) is 130 Å². The molecule has 0 aromatic heterocycles. The average molecular weight is 302 g/mol. The summed E-state index contributed by atoms with van der Waals surface area (Å²) in [5.41, 5.74) is -0.324. The molecule has 0 aliphatic carbocycles. The number of para-hydroxylation sites is 1. The van der Waals surface area contributed by atoms with Gasteiger partial charge in [-0.25, -0.2) is 0 Å². The Morgan fingerprint density at radius 3 is 2.18 bits per heavy atom. The van der Waals surface area contributed by atoms with E-state index in [0.29, 0.717) is 6.29 Å². The average Bonchev–Trinajstić information content (AvgIpc) is 2.55. The predicted molar refractivity (Wildman–Crippen MR) is 75.8 cm³/mol. The number of carbonyl (C=O) groups is 2. The van der Waals surface area contributed by atoms with Crippen LogP contribution in [0.3, 0.4) is 0 Å². The largest absolute Gasteiger partial charge is 1.00 e. The molecular weight excluding hydrogens is 292 g/mol. The first-order valence-corrected chi connectivity index (χ1v) is 5.83. The van der Waals surface area contributed by atoms with Gasteiger partial charge in [-0.05, 0) is 17.3 Å². The van der Waals surface area contributed by atoms with Crippen LogP contribution >= 0.6 is 0 Å². The van der Waals surface area contributed by atoms with Crippen LogP contribution < -0.4 is 5.11 Å². The Balaban J connectivity index is 0.000000403. The molecule has 0 aliphatic rings. The number of nitro benzene ring substituents is 1. The van der Waals surface area contributed by atoms with E-state index >= 15 is 0 Å². The number of nitrogens with zero attached hydrogens (tertiary/aromatic N) is 2. The van der Waals surface area contributed by atoms with Crippen LogP contribution in [-0.2, 0) is 0 Å². The van der Waals surface area contributed by atoms with E-state index in [1.807, 2.05) is 0 Å². The molecule has 0 saturated carbocycles. The Labute approximate surface area is 125 Å². The summed E-state index contributed by atoms with van der Waals surface area (Å²) in [6.45, 7) is 0.